The Labute approximate surface area is 270 Å². The monoisotopic (exact) mass is 678 g/mol. The number of carbonyl (C=O) groups is 1. The van der Waals surface area contributed by atoms with Crippen LogP contribution in [-0.4, -0.2) is 62.6 Å². The summed E-state index contributed by atoms with van der Waals surface area (Å²) in [7, 11) is -3.43. The van der Waals surface area contributed by atoms with E-state index in [-0.39, 0.29) is 18.0 Å². The molecule has 0 amide bonds. The topological polar surface area (TPSA) is 162 Å². The molecule has 1 N–H and O–H groups in total. The van der Waals surface area contributed by atoms with Crippen LogP contribution in [-0.2, 0) is 22.9 Å². The molecule has 1 saturated heterocycles. The standard InChI is InChI=1S/C31H44N4O9P2/c1-8-13-24-27(44-45(39)35(22(2)3)31(4,5)18-12-19-32)25(17-21-46(40,41-6)42-7)43-29(24)33-20-16-26(36)34(30(33)38)28(37)23-14-10-9-11-15-23/h9-11,14-17,20-22,24-25,27,29,39H,8,12-13,18H2,1-7H3/b21-17+/t24-,25-,27+,29-,45?/m1/s1. The molecule has 5 atom stereocenters. The molecule has 0 spiro atoms. The Morgan fingerprint density at radius 1 is 1.22 bits per heavy atom. The van der Waals surface area contributed by atoms with Crippen LogP contribution in [0.25, 0.3) is 0 Å². The second-order valence-electron chi connectivity index (χ2n) is 11.8. The summed E-state index contributed by atoms with van der Waals surface area (Å²) in [6, 6.07) is 11.1. The zero-order chi connectivity index (χ0) is 34.2. The number of hydrogen-bond donors (Lipinski definition) is 1. The van der Waals surface area contributed by atoms with Crippen LogP contribution < -0.4 is 11.2 Å². The number of carbonyl (C=O) groups excluding carboxylic acids is 1. The average Bonchev–Trinajstić information content (AvgIpc) is 3.35. The molecule has 1 aliphatic rings. The van der Waals surface area contributed by atoms with Gasteiger partial charge in [-0.15, -0.1) is 0 Å². The van der Waals surface area contributed by atoms with Crippen molar-refractivity contribution >= 4 is 22.0 Å². The first-order chi connectivity index (χ1) is 21.7. The molecule has 1 fully saturated rings. The summed E-state index contributed by atoms with van der Waals surface area (Å²) >= 11 is 0. The van der Waals surface area contributed by atoms with Gasteiger partial charge >= 0.3 is 13.3 Å². The Hall–Kier alpha value is -2.78. The highest BCUT2D eigenvalue weighted by Gasteiger charge is 2.48. The van der Waals surface area contributed by atoms with E-state index in [1.165, 1.54) is 49.0 Å². The molecule has 13 nitrogen and oxygen atoms in total. The van der Waals surface area contributed by atoms with Gasteiger partial charge in [0.05, 0.1) is 6.07 Å². The molecule has 2 aromatic rings. The van der Waals surface area contributed by atoms with Crippen LogP contribution in [0.2, 0.25) is 0 Å². The third-order valence-corrected chi connectivity index (χ3v) is 11.2. The number of hydrogen-bond acceptors (Lipinski definition) is 11. The predicted octanol–water partition coefficient (Wildman–Crippen LogP) is 5.41. The van der Waals surface area contributed by atoms with Gasteiger partial charge in [0, 0.05) is 61.8 Å². The third-order valence-electron chi connectivity index (χ3n) is 7.86. The van der Waals surface area contributed by atoms with E-state index in [2.05, 4.69) is 6.07 Å². The fraction of sp³-hybridized carbons (Fsp3) is 0.548. The Bertz CT molecular complexity index is 1560. The van der Waals surface area contributed by atoms with Crippen LogP contribution in [0.15, 0.2) is 64.1 Å². The minimum atomic E-state index is -3.64. The molecule has 46 heavy (non-hydrogen) atoms. The maximum absolute atomic E-state index is 13.8. The van der Waals surface area contributed by atoms with E-state index in [0.717, 1.165) is 6.07 Å². The summed E-state index contributed by atoms with van der Waals surface area (Å²) in [6.45, 7) is 9.62. The van der Waals surface area contributed by atoms with E-state index in [9.17, 15) is 29.1 Å². The average molecular weight is 679 g/mol. The normalized spacial score (nSPS) is 21.2. The molecule has 1 aromatic carbocycles. The van der Waals surface area contributed by atoms with Crippen LogP contribution in [0.3, 0.4) is 0 Å². The van der Waals surface area contributed by atoms with Gasteiger partial charge in [-0.05, 0) is 58.7 Å². The second kappa shape index (κ2) is 16.4. The summed E-state index contributed by atoms with van der Waals surface area (Å²) in [5.74, 6) is -0.113. The number of nitriles is 1. The van der Waals surface area contributed by atoms with Crippen molar-refractivity contribution in [1.29, 1.82) is 5.26 Å². The van der Waals surface area contributed by atoms with Crippen molar-refractivity contribution < 1.29 is 32.6 Å². The van der Waals surface area contributed by atoms with Crippen LogP contribution in [0.1, 0.15) is 76.9 Å². The fourth-order valence-electron chi connectivity index (χ4n) is 5.68. The number of ether oxygens (including phenoxy) is 1. The first-order valence-corrected chi connectivity index (χ1v) is 17.8. The van der Waals surface area contributed by atoms with E-state index in [1.54, 1.807) is 18.2 Å². The lowest BCUT2D eigenvalue weighted by Crippen LogP contribution is -2.46. The van der Waals surface area contributed by atoms with E-state index >= 15 is 0 Å². The van der Waals surface area contributed by atoms with Gasteiger partial charge in [-0.1, -0.05) is 31.5 Å². The van der Waals surface area contributed by atoms with Gasteiger partial charge in [-0.3, -0.25) is 18.7 Å². The van der Waals surface area contributed by atoms with Gasteiger partial charge in [0.1, 0.15) is 18.4 Å². The summed E-state index contributed by atoms with van der Waals surface area (Å²) in [6.07, 6.45) is 1.74. The van der Waals surface area contributed by atoms with Crippen molar-refractivity contribution in [2.45, 2.75) is 90.3 Å². The highest BCUT2D eigenvalue weighted by atomic mass is 31.2. The van der Waals surface area contributed by atoms with Crippen molar-refractivity contribution in [3.05, 3.63) is 80.9 Å². The second-order valence-corrected chi connectivity index (χ2v) is 15.0. The molecular weight excluding hydrogens is 634 g/mol. The van der Waals surface area contributed by atoms with E-state index in [0.29, 0.717) is 23.8 Å². The lowest BCUT2D eigenvalue weighted by molar-refractivity contribution is -0.00344. The zero-order valence-corrected chi connectivity index (χ0v) is 29.1. The first-order valence-electron chi connectivity index (χ1n) is 15.1. The molecule has 0 aliphatic carbocycles. The highest BCUT2D eigenvalue weighted by Crippen LogP contribution is 2.53. The van der Waals surface area contributed by atoms with Crippen LogP contribution in [0, 0.1) is 17.2 Å². The van der Waals surface area contributed by atoms with Crippen LogP contribution in [0.4, 0.5) is 0 Å². The number of rotatable bonds is 15. The minimum Gasteiger partial charge on any atom is -0.347 e. The number of benzene rings is 1. The van der Waals surface area contributed by atoms with E-state index < -0.39 is 63.2 Å². The molecule has 2 heterocycles. The quantitative estimate of drug-likeness (QED) is 0.240. The molecular formula is C31H44N4O9P2. The summed E-state index contributed by atoms with van der Waals surface area (Å²) in [4.78, 5) is 51.6. The van der Waals surface area contributed by atoms with Crippen LogP contribution in [0.5, 0.6) is 0 Å². The third kappa shape index (κ3) is 8.57. The summed E-state index contributed by atoms with van der Waals surface area (Å²) < 4.78 is 39.4. The first kappa shape index (κ1) is 37.7. The zero-order valence-electron chi connectivity index (χ0n) is 27.3. The van der Waals surface area contributed by atoms with Gasteiger partial charge < -0.3 is 23.2 Å². The van der Waals surface area contributed by atoms with Gasteiger partial charge in [-0.2, -0.15) is 9.83 Å². The molecule has 0 bridgehead atoms. The van der Waals surface area contributed by atoms with E-state index in [1.807, 2.05) is 39.3 Å². The van der Waals surface area contributed by atoms with Crippen molar-refractivity contribution in [3.63, 3.8) is 0 Å². The molecule has 1 aliphatic heterocycles. The molecule has 3 rings (SSSR count). The summed E-state index contributed by atoms with van der Waals surface area (Å²) in [5, 5.41) is 9.21. The smallest absolute Gasteiger partial charge is 0.347 e. The van der Waals surface area contributed by atoms with Gasteiger partial charge in [0.2, 0.25) is 0 Å². The molecule has 0 radical (unpaired) electrons. The number of nitrogens with zero attached hydrogens (tertiary/aromatic N) is 4. The Morgan fingerprint density at radius 2 is 1.87 bits per heavy atom. The van der Waals surface area contributed by atoms with Gasteiger partial charge in [0.15, 0.2) is 0 Å². The van der Waals surface area contributed by atoms with Crippen LogP contribution >= 0.6 is 16.1 Å². The SMILES string of the molecule is CCC[C@@H]1[C@H](OP(O)N(C(C)C)C(C)(C)CCC#N)[C@@H](/C=C/P(=O)(OC)OC)O[C@H]1n1ccc(=O)n(C(=O)c2ccccc2)c1=O. The van der Waals surface area contributed by atoms with Crippen molar-refractivity contribution in [2.24, 2.45) is 5.92 Å². The minimum absolute atomic E-state index is 0.160. The lowest BCUT2D eigenvalue weighted by atomic mass is 9.94. The fourth-order valence-corrected chi connectivity index (χ4v) is 8.01. The maximum atomic E-state index is 13.8. The lowest BCUT2D eigenvalue weighted by Gasteiger charge is -2.43. The molecule has 1 aromatic heterocycles. The van der Waals surface area contributed by atoms with Crippen molar-refractivity contribution in [1.82, 2.24) is 13.8 Å². The largest absolute Gasteiger partial charge is 0.353 e. The Balaban J connectivity index is 2.13. The molecule has 252 valence electrons. The summed E-state index contributed by atoms with van der Waals surface area (Å²) in [5.41, 5.74) is -2.15. The number of aromatic nitrogens is 2. The van der Waals surface area contributed by atoms with Gasteiger partial charge in [0.25, 0.3) is 20.0 Å². The predicted molar refractivity (Wildman–Crippen MR) is 174 cm³/mol. The Morgan fingerprint density at radius 3 is 2.43 bits per heavy atom. The van der Waals surface area contributed by atoms with Crippen molar-refractivity contribution in [3.8, 4) is 6.07 Å². The van der Waals surface area contributed by atoms with Crippen molar-refractivity contribution in [2.75, 3.05) is 14.2 Å². The highest BCUT2D eigenvalue weighted by molar-refractivity contribution is 7.57. The van der Waals surface area contributed by atoms with Gasteiger partial charge in [-0.25, -0.2) is 9.46 Å². The Kier molecular flexibility index (Phi) is 13.4. The molecule has 1 unspecified atom stereocenters. The maximum Gasteiger partial charge on any atom is 0.353 e. The van der Waals surface area contributed by atoms with E-state index in [4.69, 9.17) is 18.3 Å². The molecule has 0 saturated carbocycles. The molecule has 15 heteroatoms.